The lowest BCUT2D eigenvalue weighted by Gasteiger charge is -2.40. The minimum atomic E-state index is 0.0779. The molecule has 0 fully saturated rings. The van der Waals surface area contributed by atoms with Crippen molar-refractivity contribution in [3.63, 3.8) is 0 Å². The van der Waals surface area contributed by atoms with E-state index >= 15 is 0 Å². The highest BCUT2D eigenvalue weighted by molar-refractivity contribution is 5.34. The second-order valence-electron chi connectivity index (χ2n) is 6.39. The van der Waals surface area contributed by atoms with Crippen molar-refractivity contribution in [1.29, 1.82) is 0 Å². The van der Waals surface area contributed by atoms with Gasteiger partial charge in [0, 0.05) is 30.7 Å². The van der Waals surface area contributed by atoms with E-state index in [1.54, 1.807) is 0 Å². The van der Waals surface area contributed by atoms with E-state index in [-0.39, 0.29) is 5.54 Å². The van der Waals surface area contributed by atoms with E-state index < -0.39 is 0 Å². The summed E-state index contributed by atoms with van der Waals surface area (Å²) in [4.78, 5) is 2.52. The molecule has 1 aliphatic heterocycles. The Morgan fingerprint density at radius 2 is 2.05 bits per heavy atom. The number of hydrogen-bond acceptors (Lipinski definition) is 3. The van der Waals surface area contributed by atoms with Gasteiger partial charge in [0.15, 0.2) is 0 Å². The zero-order chi connectivity index (χ0) is 15.1. The number of nitrogens with two attached hydrogens (primary N) is 1. The van der Waals surface area contributed by atoms with Gasteiger partial charge in [-0.3, -0.25) is 4.90 Å². The van der Waals surface area contributed by atoms with Crippen LogP contribution in [0.15, 0.2) is 24.3 Å². The third kappa shape index (κ3) is 4.21. The van der Waals surface area contributed by atoms with Crippen LogP contribution in [0.5, 0.6) is 5.75 Å². The highest BCUT2D eigenvalue weighted by Crippen LogP contribution is 2.29. The summed E-state index contributed by atoms with van der Waals surface area (Å²) in [6.45, 7) is 7.93. The molecule has 1 unspecified atom stereocenters. The molecule has 0 aliphatic carbocycles. The van der Waals surface area contributed by atoms with Crippen molar-refractivity contribution in [3.8, 4) is 5.75 Å². The van der Waals surface area contributed by atoms with E-state index in [1.807, 2.05) is 6.07 Å². The second kappa shape index (κ2) is 7.81. The van der Waals surface area contributed by atoms with E-state index in [4.69, 9.17) is 10.5 Å². The quantitative estimate of drug-likeness (QED) is 0.780. The van der Waals surface area contributed by atoms with Crippen LogP contribution in [0.3, 0.4) is 0 Å². The lowest BCUT2D eigenvalue weighted by atomic mass is 9.91. The van der Waals surface area contributed by atoms with Crippen LogP contribution in [0, 0.1) is 0 Å². The SMILES string of the molecule is CCCCCCC(C)(CN)N1CCOc2ccccc2C1. The molecule has 0 spiro atoms. The molecule has 0 radical (unpaired) electrons. The van der Waals surface area contributed by atoms with Crippen LogP contribution in [0.4, 0.5) is 0 Å². The van der Waals surface area contributed by atoms with Gasteiger partial charge in [0.2, 0.25) is 0 Å². The number of unbranched alkanes of at least 4 members (excludes halogenated alkanes) is 3. The van der Waals surface area contributed by atoms with E-state index in [0.29, 0.717) is 6.54 Å². The van der Waals surface area contributed by atoms with Crippen molar-refractivity contribution in [2.75, 3.05) is 19.7 Å². The fourth-order valence-electron chi connectivity index (χ4n) is 3.11. The number of nitrogens with zero attached hydrogens (tertiary/aromatic N) is 1. The first-order chi connectivity index (χ1) is 10.2. The topological polar surface area (TPSA) is 38.5 Å². The monoisotopic (exact) mass is 290 g/mol. The highest BCUT2D eigenvalue weighted by atomic mass is 16.5. The third-order valence-corrected chi connectivity index (χ3v) is 4.72. The molecular formula is C18H30N2O. The number of benzene rings is 1. The van der Waals surface area contributed by atoms with Crippen molar-refractivity contribution in [3.05, 3.63) is 29.8 Å². The van der Waals surface area contributed by atoms with Crippen molar-refractivity contribution in [1.82, 2.24) is 4.90 Å². The number of fused-ring (bicyclic) bond motifs is 1. The standard InChI is InChI=1S/C18H30N2O/c1-3-4-5-8-11-18(2,15-19)20-12-13-21-17-10-7-6-9-16(17)14-20/h6-7,9-10H,3-5,8,11-15,19H2,1-2H3. The van der Waals surface area contributed by atoms with Crippen LogP contribution >= 0.6 is 0 Å². The Hall–Kier alpha value is -1.06. The summed E-state index contributed by atoms with van der Waals surface area (Å²) in [5.41, 5.74) is 7.50. The van der Waals surface area contributed by atoms with Gasteiger partial charge in [0.25, 0.3) is 0 Å². The van der Waals surface area contributed by atoms with Crippen LogP contribution in [0.2, 0.25) is 0 Å². The molecule has 0 aromatic heterocycles. The molecule has 118 valence electrons. The Bertz CT molecular complexity index is 435. The van der Waals surface area contributed by atoms with E-state index in [2.05, 4.69) is 36.9 Å². The third-order valence-electron chi connectivity index (χ3n) is 4.72. The normalized spacial score (nSPS) is 18.4. The summed E-state index contributed by atoms with van der Waals surface area (Å²) in [6, 6.07) is 8.37. The van der Waals surface area contributed by atoms with Crippen molar-refractivity contribution >= 4 is 0 Å². The van der Waals surface area contributed by atoms with Gasteiger partial charge < -0.3 is 10.5 Å². The highest BCUT2D eigenvalue weighted by Gasteiger charge is 2.31. The molecule has 3 nitrogen and oxygen atoms in total. The van der Waals surface area contributed by atoms with Crippen molar-refractivity contribution < 1.29 is 4.74 Å². The maximum atomic E-state index is 6.14. The van der Waals surface area contributed by atoms with Gasteiger partial charge in [-0.25, -0.2) is 0 Å². The first kappa shape index (κ1) is 16.3. The van der Waals surface area contributed by atoms with Gasteiger partial charge >= 0.3 is 0 Å². The molecule has 1 heterocycles. The Kier molecular flexibility index (Phi) is 6.07. The van der Waals surface area contributed by atoms with Crippen LogP contribution in [-0.4, -0.2) is 30.1 Å². The fraction of sp³-hybridized carbons (Fsp3) is 0.667. The number of para-hydroxylation sites is 1. The molecule has 1 aromatic carbocycles. The number of ether oxygens (including phenoxy) is 1. The summed E-state index contributed by atoms with van der Waals surface area (Å²) in [6.07, 6.45) is 6.36. The summed E-state index contributed by atoms with van der Waals surface area (Å²) in [5.74, 6) is 1.03. The molecular weight excluding hydrogens is 260 g/mol. The van der Waals surface area contributed by atoms with Gasteiger partial charge in [-0.2, -0.15) is 0 Å². The predicted molar refractivity (Wildman–Crippen MR) is 88.6 cm³/mol. The Morgan fingerprint density at radius 1 is 1.24 bits per heavy atom. The fourth-order valence-corrected chi connectivity index (χ4v) is 3.11. The summed E-state index contributed by atoms with van der Waals surface area (Å²) < 4.78 is 5.88. The maximum absolute atomic E-state index is 6.14. The smallest absolute Gasteiger partial charge is 0.123 e. The minimum Gasteiger partial charge on any atom is -0.492 e. The molecule has 0 saturated carbocycles. The molecule has 2 rings (SSSR count). The lowest BCUT2D eigenvalue weighted by Crippen LogP contribution is -2.52. The molecule has 3 heteroatoms. The Balaban J connectivity index is 2.03. The average molecular weight is 290 g/mol. The zero-order valence-corrected chi connectivity index (χ0v) is 13.6. The molecule has 1 aromatic rings. The van der Waals surface area contributed by atoms with Gasteiger partial charge in [-0.05, 0) is 19.4 Å². The molecule has 1 aliphatic rings. The van der Waals surface area contributed by atoms with Crippen LogP contribution in [0.25, 0.3) is 0 Å². The molecule has 21 heavy (non-hydrogen) atoms. The van der Waals surface area contributed by atoms with Gasteiger partial charge in [-0.15, -0.1) is 0 Å². The predicted octanol–water partition coefficient (Wildman–Crippen LogP) is 3.57. The van der Waals surface area contributed by atoms with Crippen LogP contribution in [0.1, 0.15) is 51.5 Å². The summed E-state index contributed by atoms with van der Waals surface area (Å²) >= 11 is 0. The van der Waals surface area contributed by atoms with Gasteiger partial charge in [-0.1, -0.05) is 50.8 Å². The average Bonchev–Trinajstić information content (AvgIpc) is 2.74. The zero-order valence-electron chi connectivity index (χ0n) is 13.6. The van der Waals surface area contributed by atoms with Crippen molar-refractivity contribution in [2.24, 2.45) is 5.73 Å². The number of rotatable bonds is 7. The molecule has 0 amide bonds. The van der Waals surface area contributed by atoms with E-state index in [1.165, 1.54) is 37.7 Å². The maximum Gasteiger partial charge on any atom is 0.123 e. The van der Waals surface area contributed by atoms with E-state index in [9.17, 15) is 0 Å². The largest absolute Gasteiger partial charge is 0.492 e. The lowest BCUT2D eigenvalue weighted by molar-refractivity contribution is 0.0830. The minimum absolute atomic E-state index is 0.0779. The Labute approximate surface area is 129 Å². The first-order valence-corrected chi connectivity index (χ1v) is 8.35. The molecule has 0 saturated heterocycles. The molecule has 2 N–H and O–H groups in total. The Morgan fingerprint density at radius 3 is 2.81 bits per heavy atom. The summed E-state index contributed by atoms with van der Waals surface area (Å²) in [7, 11) is 0. The van der Waals surface area contributed by atoms with E-state index in [0.717, 1.165) is 25.4 Å². The number of hydrogen-bond donors (Lipinski definition) is 1. The molecule has 1 atom stereocenters. The summed E-state index contributed by atoms with van der Waals surface area (Å²) in [5, 5.41) is 0. The van der Waals surface area contributed by atoms with Gasteiger partial charge in [0.05, 0.1) is 0 Å². The second-order valence-corrected chi connectivity index (χ2v) is 6.39. The molecule has 0 bridgehead atoms. The van der Waals surface area contributed by atoms with Crippen molar-refractivity contribution in [2.45, 2.75) is 58.0 Å². The van der Waals surface area contributed by atoms with Gasteiger partial charge in [0.1, 0.15) is 12.4 Å². The van der Waals surface area contributed by atoms with Crippen LogP contribution < -0.4 is 10.5 Å². The van der Waals surface area contributed by atoms with Crippen LogP contribution in [-0.2, 0) is 6.54 Å². The first-order valence-electron chi connectivity index (χ1n) is 8.35.